The molecule has 1 aromatic carbocycles. The first-order chi connectivity index (χ1) is 13.3. The summed E-state index contributed by atoms with van der Waals surface area (Å²) in [4.78, 5) is 32.9. The molecule has 2 aromatic heterocycles. The number of hydrogen-bond donors (Lipinski definition) is 0. The summed E-state index contributed by atoms with van der Waals surface area (Å²) < 4.78 is 5.82. The summed E-state index contributed by atoms with van der Waals surface area (Å²) in [6.07, 6.45) is 0. The molecule has 148 valence electrons. The molecular formula is C20H24BrN5O2. The first-order valence-electron chi connectivity index (χ1n) is 9.51. The number of benzene rings is 1. The van der Waals surface area contributed by atoms with Crippen molar-refractivity contribution in [2.45, 2.75) is 33.9 Å². The topological polar surface area (TPSA) is 65.1 Å². The van der Waals surface area contributed by atoms with Crippen molar-refractivity contribution in [3.8, 4) is 0 Å². The number of rotatable bonds is 3. The van der Waals surface area contributed by atoms with E-state index in [-0.39, 0.29) is 17.2 Å². The highest BCUT2D eigenvalue weighted by molar-refractivity contribution is 9.10. The molecule has 8 heteroatoms. The predicted molar refractivity (Wildman–Crippen MR) is 114 cm³/mol. The quantitative estimate of drug-likeness (QED) is 0.621. The van der Waals surface area contributed by atoms with E-state index in [0.717, 1.165) is 16.7 Å². The van der Waals surface area contributed by atoms with Crippen molar-refractivity contribution in [3.05, 3.63) is 49.6 Å². The first kappa shape index (κ1) is 19.0. The van der Waals surface area contributed by atoms with E-state index in [2.05, 4.69) is 27.8 Å². The van der Waals surface area contributed by atoms with Crippen LogP contribution in [0.25, 0.3) is 11.2 Å². The second-order valence-corrected chi connectivity index (χ2v) is 8.95. The Balaban J connectivity index is 1.99. The minimum absolute atomic E-state index is 0.199. The number of aromatic nitrogens is 4. The Labute approximate surface area is 171 Å². The average molecular weight is 446 g/mol. The maximum Gasteiger partial charge on any atom is 0.332 e. The second kappa shape index (κ2) is 6.92. The zero-order chi connectivity index (χ0) is 20.2. The van der Waals surface area contributed by atoms with E-state index in [1.807, 2.05) is 42.7 Å². The van der Waals surface area contributed by atoms with E-state index in [4.69, 9.17) is 4.98 Å². The van der Waals surface area contributed by atoms with Crippen LogP contribution in [0.4, 0.5) is 11.6 Å². The van der Waals surface area contributed by atoms with Crippen LogP contribution in [-0.2, 0) is 20.1 Å². The molecule has 0 saturated heterocycles. The smallest absolute Gasteiger partial charge is 0.312 e. The zero-order valence-corrected chi connectivity index (χ0v) is 18.1. The molecule has 0 bridgehead atoms. The van der Waals surface area contributed by atoms with E-state index in [0.29, 0.717) is 36.1 Å². The number of imidazole rings is 1. The molecule has 3 aromatic rings. The van der Waals surface area contributed by atoms with Crippen molar-refractivity contribution in [1.82, 2.24) is 18.7 Å². The van der Waals surface area contributed by atoms with Crippen LogP contribution in [0.1, 0.15) is 20.8 Å². The summed E-state index contributed by atoms with van der Waals surface area (Å²) >= 11 is 3.47. The summed E-state index contributed by atoms with van der Waals surface area (Å²) in [5.41, 5.74) is 1.40. The Morgan fingerprint density at radius 3 is 2.50 bits per heavy atom. The van der Waals surface area contributed by atoms with Gasteiger partial charge in [-0.1, -0.05) is 36.7 Å². The largest absolute Gasteiger partial charge is 0.332 e. The zero-order valence-electron chi connectivity index (χ0n) is 16.5. The highest BCUT2D eigenvalue weighted by atomic mass is 79.9. The maximum atomic E-state index is 13.2. The van der Waals surface area contributed by atoms with E-state index < -0.39 is 0 Å². The maximum absolute atomic E-state index is 13.2. The Kier molecular flexibility index (Phi) is 4.69. The number of anilines is 2. The molecule has 0 fully saturated rings. The summed E-state index contributed by atoms with van der Waals surface area (Å²) in [6, 6.07) is 8.05. The molecule has 0 saturated carbocycles. The van der Waals surface area contributed by atoms with Crippen LogP contribution in [-0.4, -0.2) is 25.2 Å². The van der Waals surface area contributed by atoms with Gasteiger partial charge in [0.1, 0.15) is 0 Å². The first-order valence-corrected chi connectivity index (χ1v) is 10.3. The molecular weight excluding hydrogens is 422 g/mol. The number of aryl methyl sites for hydroxylation is 1. The van der Waals surface area contributed by atoms with Crippen LogP contribution in [0.2, 0.25) is 0 Å². The van der Waals surface area contributed by atoms with Crippen molar-refractivity contribution >= 4 is 38.7 Å². The van der Waals surface area contributed by atoms with Gasteiger partial charge in [0.05, 0.1) is 0 Å². The number of fused-ring (bicyclic) bond motifs is 3. The Bertz CT molecular complexity index is 1160. The fraction of sp³-hybridized carbons (Fsp3) is 0.450. The van der Waals surface area contributed by atoms with Crippen molar-refractivity contribution in [3.63, 3.8) is 0 Å². The van der Waals surface area contributed by atoms with Crippen molar-refractivity contribution in [2.75, 3.05) is 11.4 Å². The van der Waals surface area contributed by atoms with Gasteiger partial charge < -0.3 is 9.47 Å². The van der Waals surface area contributed by atoms with Gasteiger partial charge in [-0.05, 0) is 36.1 Å². The molecule has 7 nitrogen and oxygen atoms in total. The third-order valence-corrected chi connectivity index (χ3v) is 5.66. The summed E-state index contributed by atoms with van der Waals surface area (Å²) in [5, 5.41) is 0. The van der Waals surface area contributed by atoms with Crippen LogP contribution < -0.4 is 16.1 Å². The molecule has 0 aliphatic carbocycles. The Morgan fingerprint density at radius 1 is 1.18 bits per heavy atom. The predicted octanol–water partition coefficient (Wildman–Crippen LogP) is 3.10. The monoisotopic (exact) mass is 445 g/mol. The third-order valence-electron chi connectivity index (χ3n) is 5.13. The lowest BCUT2D eigenvalue weighted by molar-refractivity contribution is 0.454. The van der Waals surface area contributed by atoms with Gasteiger partial charge >= 0.3 is 5.69 Å². The molecule has 0 radical (unpaired) electrons. The molecule has 1 aliphatic rings. The number of hydrogen-bond acceptors (Lipinski definition) is 4. The Morgan fingerprint density at radius 2 is 1.86 bits per heavy atom. The van der Waals surface area contributed by atoms with Crippen LogP contribution in [0, 0.1) is 11.8 Å². The molecule has 28 heavy (non-hydrogen) atoms. The SMILES string of the molecule is CC(C)Cn1c(=O)c2c(nc3n2CC(C)CN3c2ccc(Br)cc2)n(C)c1=O. The number of halogens is 1. The van der Waals surface area contributed by atoms with Crippen LogP contribution in [0.15, 0.2) is 38.3 Å². The molecule has 1 atom stereocenters. The van der Waals surface area contributed by atoms with Gasteiger partial charge in [-0.25, -0.2) is 4.79 Å². The van der Waals surface area contributed by atoms with Crippen molar-refractivity contribution in [2.24, 2.45) is 18.9 Å². The molecule has 0 spiro atoms. The average Bonchev–Trinajstić information content (AvgIpc) is 3.03. The van der Waals surface area contributed by atoms with Gasteiger partial charge in [0.25, 0.3) is 5.56 Å². The normalized spacial score (nSPS) is 16.8. The standard InChI is InChI=1S/C20H24BrN5O2/c1-12(2)9-26-18(27)16-17(23(4)20(26)28)22-19-24(10-13(3)11-25(16)19)15-7-5-14(21)6-8-15/h5-8,12-13H,9-11H2,1-4H3. The van der Waals surface area contributed by atoms with Crippen LogP contribution in [0.3, 0.4) is 0 Å². The van der Waals surface area contributed by atoms with Gasteiger partial charge in [-0.3, -0.25) is 13.9 Å². The van der Waals surface area contributed by atoms with Gasteiger partial charge in [0.15, 0.2) is 11.2 Å². The van der Waals surface area contributed by atoms with Crippen LogP contribution >= 0.6 is 15.9 Å². The lowest BCUT2D eigenvalue weighted by Crippen LogP contribution is -2.41. The lowest BCUT2D eigenvalue weighted by atomic mass is 10.1. The molecule has 1 aliphatic heterocycles. The molecule has 3 heterocycles. The highest BCUT2D eigenvalue weighted by Gasteiger charge is 2.29. The van der Waals surface area contributed by atoms with Gasteiger partial charge in [-0.2, -0.15) is 4.98 Å². The second-order valence-electron chi connectivity index (χ2n) is 8.04. The summed E-state index contributed by atoms with van der Waals surface area (Å²) in [6.45, 7) is 8.06. The minimum atomic E-state index is -0.315. The molecule has 4 rings (SSSR count). The molecule has 1 unspecified atom stereocenters. The highest BCUT2D eigenvalue weighted by Crippen LogP contribution is 2.33. The van der Waals surface area contributed by atoms with Gasteiger partial charge in [0, 0.05) is 36.8 Å². The number of nitrogens with zero attached hydrogens (tertiary/aromatic N) is 5. The molecule has 0 N–H and O–H groups in total. The van der Waals surface area contributed by atoms with Crippen molar-refractivity contribution in [1.29, 1.82) is 0 Å². The van der Waals surface area contributed by atoms with E-state index in [1.165, 1.54) is 9.13 Å². The minimum Gasteiger partial charge on any atom is -0.312 e. The fourth-order valence-electron chi connectivity index (χ4n) is 3.87. The third kappa shape index (κ3) is 2.99. The van der Waals surface area contributed by atoms with E-state index in [9.17, 15) is 9.59 Å². The van der Waals surface area contributed by atoms with Crippen LogP contribution in [0.5, 0.6) is 0 Å². The van der Waals surface area contributed by atoms with Gasteiger partial charge in [-0.15, -0.1) is 0 Å². The molecule has 0 amide bonds. The lowest BCUT2D eigenvalue weighted by Gasteiger charge is -2.33. The van der Waals surface area contributed by atoms with Gasteiger partial charge in [0.2, 0.25) is 5.95 Å². The van der Waals surface area contributed by atoms with Crippen molar-refractivity contribution < 1.29 is 0 Å². The van der Waals surface area contributed by atoms with E-state index in [1.54, 1.807) is 7.05 Å². The fourth-order valence-corrected chi connectivity index (χ4v) is 4.13. The summed E-state index contributed by atoms with van der Waals surface area (Å²) in [5.74, 6) is 1.25. The Hall–Kier alpha value is -2.35. The summed E-state index contributed by atoms with van der Waals surface area (Å²) in [7, 11) is 1.69. The van der Waals surface area contributed by atoms with E-state index >= 15 is 0 Å².